The van der Waals surface area contributed by atoms with E-state index >= 15 is 0 Å². The maximum absolute atomic E-state index is 12.7. The highest BCUT2D eigenvalue weighted by Gasteiger charge is 2.22. The number of hydrogen-bond donors (Lipinski definition) is 2. The number of aryl methyl sites for hydroxylation is 1. The lowest BCUT2D eigenvalue weighted by Crippen LogP contribution is -2.51. The molecule has 8 nitrogen and oxygen atoms in total. The van der Waals surface area contributed by atoms with Crippen molar-refractivity contribution in [1.29, 1.82) is 0 Å². The van der Waals surface area contributed by atoms with Crippen LogP contribution in [-0.2, 0) is 24.8 Å². The Kier molecular flexibility index (Phi) is 7.29. The first kappa shape index (κ1) is 22.2. The largest absolute Gasteiger partial charge is 0.367 e. The summed E-state index contributed by atoms with van der Waals surface area (Å²) in [5, 5.41) is 11.2. The molecule has 0 bridgehead atoms. The molecule has 2 aromatic rings. The minimum atomic E-state index is 0.239. The maximum Gasteiger partial charge on any atom is 0.222 e. The third kappa shape index (κ3) is 5.60. The predicted molar refractivity (Wildman–Crippen MR) is 128 cm³/mol. The predicted octanol–water partition coefficient (Wildman–Crippen LogP) is 1.92. The number of aliphatic imine (C=N–C) groups is 1. The molecule has 3 heterocycles. The number of guanidine groups is 1. The Labute approximate surface area is 190 Å². The highest BCUT2D eigenvalue weighted by atomic mass is 16.2. The van der Waals surface area contributed by atoms with E-state index in [1.54, 1.807) is 7.05 Å². The summed E-state index contributed by atoms with van der Waals surface area (Å²) in [6.07, 6.45) is 8.55. The van der Waals surface area contributed by atoms with Crippen LogP contribution in [-0.4, -0.2) is 65.8 Å². The molecule has 1 amide bonds. The Hall–Kier alpha value is -3.03. The van der Waals surface area contributed by atoms with E-state index in [1.807, 2.05) is 22.8 Å². The van der Waals surface area contributed by atoms with E-state index < -0.39 is 0 Å². The van der Waals surface area contributed by atoms with Crippen molar-refractivity contribution in [2.24, 2.45) is 12.0 Å². The van der Waals surface area contributed by atoms with Gasteiger partial charge in [-0.1, -0.05) is 24.3 Å². The molecule has 0 spiro atoms. The third-order valence-electron chi connectivity index (χ3n) is 6.39. The van der Waals surface area contributed by atoms with Crippen molar-refractivity contribution < 1.29 is 4.79 Å². The summed E-state index contributed by atoms with van der Waals surface area (Å²) < 4.78 is 1.84. The van der Waals surface area contributed by atoms with E-state index in [-0.39, 0.29) is 5.91 Å². The summed E-state index contributed by atoms with van der Waals surface area (Å²) in [5.41, 5.74) is 3.82. The van der Waals surface area contributed by atoms with E-state index in [2.05, 4.69) is 56.1 Å². The molecule has 1 fully saturated rings. The molecule has 172 valence electrons. The lowest BCUT2D eigenvalue weighted by Gasteiger charge is -2.34. The molecule has 1 aromatic carbocycles. The molecule has 2 aliphatic rings. The normalized spacial score (nSPS) is 18.9. The summed E-state index contributed by atoms with van der Waals surface area (Å²) in [6.45, 7) is 4.28. The number of nitrogens with one attached hydrogen (secondary N) is 2. The van der Waals surface area contributed by atoms with Gasteiger partial charge in [0.25, 0.3) is 0 Å². The average molecular weight is 438 g/mol. The van der Waals surface area contributed by atoms with Gasteiger partial charge >= 0.3 is 0 Å². The number of fused-ring (bicyclic) bond motifs is 1. The van der Waals surface area contributed by atoms with Gasteiger partial charge in [0.05, 0.1) is 11.9 Å². The van der Waals surface area contributed by atoms with Gasteiger partial charge in [0.1, 0.15) is 0 Å². The Balaban J connectivity index is 1.18. The van der Waals surface area contributed by atoms with Crippen LogP contribution >= 0.6 is 0 Å². The van der Waals surface area contributed by atoms with E-state index in [9.17, 15) is 4.79 Å². The minimum Gasteiger partial charge on any atom is -0.367 e. The molecule has 0 radical (unpaired) electrons. The zero-order chi connectivity index (χ0) is 22.3. The molecule has 8 heteroatoms. The summed E-state index contributed by atoms with van der Waals surface area (Å²) in [4.78, 5) is 21.4. The number of carbonyl (C=O) groups excluding carboxylic acids is 1. The SMILES string of the molecule is CN=C(NCCCC(=O)N1CCc2ccccc2C1)NC1CCCN(c2cnn(C)c2)C1. The molecular weight excluding hydrogens is 402 g/mol. The molecule has 4 rings (SSSR count). The van der Waals surface area contributed by atoms with Crippen LogP contribution in [0.5, 0.6) is 0 Å². The number of nitrogens with zero attached hydrogens (tertiary/aromatic N) is 5. The molecule has 2 N–H and O–H groups in total. The summed E-state index contributed by atoms with van der Waals surface area (Å²) in [5.74, 6) is 1.05. The van der Waals surface area contributed by atoms with E-state index in [0.717, 1.165) is 64.4 Å². The third-order valence-corrected chi connectivity index (χ3v) is 6.39. The number of rotatable bonds is 6. The zero-order valence-corrected chi connectivity index (χ0v) is 19.3. The second-order valence-corrected chi connectivity index (χ2v) is 8.74. The van der Waals surface area contributed by atoms with Crippen molar-refractivity contribution in [2.45, 2.75) is 44.7 Å². The first-order chi connectivity index (χ1) is 15.6. The fourth-order valence-corrected chi connectivity index (χ4v) is 4.60. The van der Waals surface area contributed by atoms with Crippen molar-refractivity contribution in [3.63, 3.8) is 0 Å². The maximum atomic E-state index is 12.7. The lowest BCUT2D eigenvalue weighted by atomic mass is 9.99. The number of carbonyl (C=O) groups is 1. The van der Waals surface area contributed by atoms with Crippen LogP contribution in [0, 0.1) is 0 Å². The molecule has 32 heavy (non-hydrogen) atoms. The number of hydrogen-bond acceptors (Lipinski definition) is 4. The molecular formula is C24H35N7O. The van der Waals surface area contributed by atoms with Gasteiger partial charge in [0, 0.05) is 65.5 Å². The number of piperidine rings is 1. The second kappa shape index (κ2) is 10.5. The smallest absolute Gasteiger partial charge is 0.222 e. The average Bonchev–Trinajstić information content (AvgIpc) is 3.27. The van der Waals surface area contributed by atoms with Gasteiger partial charge in [0.15, 0.2) is 5.96 Å². The van der Waals surface area contributed by atoms with Crippen LogP contribution in [0.4, 0.5) is 5.69 Å². The number of benzene rings is 1. The topological polar surface area (TPSA) is 77.8 Å². The molecule has 0 aliphatic carbocycles. The van der Waals surface area contributed by atoms with Crippen LogP contribution in [0.3, 0.4) is 0 Å². The molecule has 1 aromatic heterocycles. The molecule has 1 unspecified atom stereocenters. The first-order valence-corrected chi connectivity index (χ1v) is 11.7. The Bertz CT molecular complexity index is 938. The van der Waals surface area contributed by atoms with E-state index in [1.165, 1.54) is 16.8 Å². The van der Waals surface area contributed by atoms with Crippen LogP contribution in [0.25, 0.3) is 0 Å². The summed E-state index contributed by atoms with van der Waals surface area (Å²) >= 11 is 0. The standard InChI is InChI=1S/C24H35N7O/c1-25-24(28-21-9-6-13-30(17-21)22-15-27-29(2)18-22)26-12-5-10-23(32)31-14-11-19-7-3-4-8-20(19)16-31/h3-4,7-8,15,18,21H,5-6,9-14,16-17H2,1-2H3,(H2,25,26,28). The van der Waals surface area contributed by atoms with Crippen molar-refractivity contribution in [3.05, 3.63) is 47.8 Å². The van der Waals surface area contributed by atoms with Gasteiger partial charge in [-0.05, 0) is 36.8 Å². The van der Waals surface area contributed by atoms with Crippen LogP contribution < -0.4 is 15.5 Å². The van der Waals surface area contributed by atoms with Crippen molar-refractivity contribution >= 4 is 17.6 Å². The monoisotopic (exact) mass is 437 g/mol. The molecule has 1 atom stereocenters. The van der Waals surface area contributed by atoms with Gasteiger partial charge in [-0.3, -0.25) is 14.5 Å². The Morgan fingerprint density at radius 3 is 2.88 bits per heavy atom. The number of amides is 1. The second-order valence-electron chi connectivity index (χ2n) is 8.74. The molecule has 2 aliphatic heterocycles. The molecule has 0 saturated carbocycles. The fourth-order valence-electron chi connectivity index (χ4n) is 4.60. The number of anilines is 1. The van der Waals surface area contributed by atoms with E-state index in [0.29, 0.717) is 12.5 Å². The van der Waals surface area contributed by atoms with Gasteiger partial charge in [-0.15, -0.1) is 0 Å². The Morgan fingerprint density at radius 1 is 1.25 bits per heavy atom. The van der Waals surface area contributed by atoms with Crippen molar-refractivity contribution in [3.8, 4) is 0 Å². The number of aromatic nitrogens is 2. The van der Waals surface area contributed by atoms with Crippen LogP contribution in [0.1, 0.15) is 36.8 Å². The van der Waals surface area contributed by atoms with E-state index in [4.69, 9.17) is 0 Å². The Morgan fingerprint density at radius 2 is 2.09 bits per heavy atom. The first-order valence-electron chi connectivity index (χ1n) is 11.7. The fraction of sp³-hybridized carbons (Fsp3) is 0.542. The lowest BCUT2D eigenvalue weighted by molar-refractivity contribution is -0.132. The van der Waals surface area contributed by atoms with Gasteiger partial charge in [-0.2, -0.15) is 5.10 Å². The van der Waals surface area contributed by atoms with Crippen molar-refractivity contribution in [1.82, 2.24) is 25.3 Å². The van der Waals surface area contributed by atoms with Crippen LogP contribution in [0.2, 0.25) is 0 Å². The van der Waals surface area contributed by atoms with Crippen molar-refractivity contribution in [2.75, 3.05) is 38.1 Å². The van der Waals surface area contributed by atoms with Gasteiger partial charge < -0.3 is 20.4 Å². The van der Waals surface area contributed by atoms with Crippen LogP contribution in [0.15, 0.2) is 41.7 Å². The zero-order valence-electron chi connectivity index (χ0n) is 19.3. The highest BCUT2D eigenvalue weighted by Crippen LogP contribution is 2.20. The molecule has 1 saturated heterocycles. The minimum absolute atomic E-state index is 0.239. The summed E-state index contributed by atoms with van der Waals surface area (Å²) in [7, 11) is 3.75. The summed E-state index contributed by atoms with van der Waals surface area (Å²) in [6, 6.07) is 8.77. The van der Waals surface area contributed by atoms with Gasteiger partial charge in [0.2, 0.25) is 5.91 Å². The highest BCUT2D eigenvalue weighted by molar-refractivity contribution is 5.80. The quantitative estimate of drug-likeness (QED) is 0.410. The van der Waals surface area contributed by atoms with Gasteiger partial charge in [-0.25, -0.2) is 0 Å².